The summed E-state index contributed by atoms with van der Waals surface area (Å²) in [6.45, 7) is 5.02. The molecule has 3 unspecified atom stereocenters. The third-order valence-electron chi connectivity index (χ3n) is 6.82. The molecule has 5 fully saturated rings. The summed E-state index contributed by atoms with van der Waals surface area (Å²) in [6, 6.07) is 0.408. The van der Waals surface area contributed by atoms with Crippen LogP contribution in [0.3, 0.4) is 0 Å². The summed E-state index contributed by atoms with van der Waals surface area (Å²) in [4.78, 5) is 2.88. The fraction of sp³-hybridized carbons (Fsp3) is 1.00. The highest BCUT2D eigenvalue weighted by molar-refractivity contribution is 5.14. The highest BCUT2D eigenvalue weighted by atomic mass is 15.2. The van der Waals surface area contributed by atoms with E-state index in [2.05, 4.69) is 11.8 Å². The standard InChI is InChI=1S/C16H28N2/c1-12(17)15-7-13-6-14(8-15)10-16(9-13,11-15)18-4-2-3-5-18/h12-14H,2-11,17H2,1H3. The summed E-state index contributed by atoms with van der Waals surface area (Å²) in [5, 5.41) is 0. The van der Waals surface area contributed by atoms with Crippen molar-refractivity contribution in [2.45, 2.75) is 69.9 Å². The van der Waals surface area contributed by atoms with Crippen molar-refractivity contribution in [3.63, 3.8) is 0 Å². The molecule has 0 spiro atoms. The minimum atomic E-state index is 0.408. The molecule has 0 aromatic rings. The Kier molecular flexibility index (Phi) is 2.43. The number of hydrogen-bond acceptors (Lipinski definition) is 2. The summed E-state index contributed by atoms with van der Waals surface area (Å²) in [5.41, 5.74) is 7.51. The molecule has 5 rings (SSSR count). The fourth-order valence-electron chi connectivity index (χ4n) is 6.38. The molecule has 0 aromatic carbocycles. The molecule has 18 heavy (non-hydrogen) atoms. The molecule has 1 saturated heterocycles. The maximum Gasteiger partial charge on any atom is 0.0220 e. The van der Waals surface area contributed by atoms with Gasteiger partial charge in [-0.05, 0) is 88.6 Å². The first-order valence-corrected chi connectivity index (χ1v) is 8.13. The van der Waals surface area contributed by atoms with E-state index in [1.54, 1.807) is 0 Å². The van der Waals surface area contributed by atoms with E-state index >= 15 is 0 Å². The van der Waals surface area contributed by atoms with Crippen LogP contribution in [-0.4, -0.2) is 29.6 Å². The molecule has 0 radical (unpaired) electrons. The van der Waals surface area contributed by atoms with E-state index in [0.717, 1.165) is 11.8 Å². The van der Waals surface area contributed by atoms with Crippen molar-refractivity contribution >= 4 is 0 Å². The van der Waals surface area contributed by atoms with Crippen molar-refractivity contribution < 1.29 is 0 Å². The first kappa shape index (κ1) is 11.7. The lowest BCUT2D eigenvalue weighted by Crippen LogP contribution is -2.65. The van der Waals surface area contributed by atoms with Crippen LogP contribution in [0, 0.1) is 17.3 Å². The van der Waals surface area contributed by atoms with Crippen LogP contribution >= 0.6 is 0 Å². The Morgan fingerprint density at radius 3 is 2.22 bits per heavy atom. The minimum Gasteiger partial charge on any atom is -0.327 e. The van der Waals surface area contributed by atoms with E-state index < -0.39 is 0 Å². The van der Waals surface area contributed by atoms with Crippen LogP contribution in [0.15, 0.2) is 0 Å². The van der Waals surface area contributed by atoms with Gasteiger partial charge in [0.15, 0.2) is 0 Å². The van der Waals surface area contributed by atoms with Gasteiger partial charge >= 0.3 is 0 Å². The summed E-state index contributed by atoms with van der Waals surface area (Å²) in [7, 11) is 0. The second kappa shape index (κ2) is 3.73. The van der Waals surface area contributed by atoms with Gasteiger partial charge in [-0.2, -0.15) is 0 Å². The van der Waals surface area contributed by atoms with Crippen LogP contribution in [0.4, 0.5) is 0 Å². The van der Waals surface area contributed by atoms with Crippen LogP contribution in [0.25, 0.3) is 0 Å². The van der Waals surface area contributed by atoms with Gasteiger partial charge in [0.1, 0.15) is 0 Å². The third-order valence-corrected chi connectivity index (χ3v) is 6.82. The summed E-state index contributed by atoms with van der Waals surface area (Å²) < 4.78 is 0. The number of hydrogen-bond donors (Lipinski definition) is 1. The molecule has 2 N–H and O–H groups in total. The van der Waals surface area contributed by atoms with Gasteiger partial charge in [-0.15, -0.1) is 0 Å². The first-order chi connectivity index (χ1) is 8.62. The Morgan fingerprint density at radius 2 is 1.67 bits per heavy atom. The minimum absolute atomic E-state index is 0.408. The molecular weight excluding hydrogens is 220 g/mol. The average Bonchev–Trinajstić information content (AvgIpc) is 2.80. The van der Waals surface area contributed by atoms with Gasteiger partial charge in [-0.25, -0.2) is 0 Å². The van der Waals surface area contributed by atoms with Gasteiger partial charge in [0.2, 0.25) is 0 Å². The molecule has 5 aliphatic rings. The van der Waals surface area contributed by atoms with E-state index in [4.69, 9.17) is 5.73 Å². The van der Waals surface area contributed by atoms with E-state index in [0.29, 0.717) is 17.0 Å². The molecule has 0 aromatic heterocycles. The average molecular weight is 248 g/mol. The van der Waals surface area contributed by atoms with Gasteiger partial charge in [0.25, 0.3) is 0 Å². The normalized spacial score (nSPS) is 53.0. The summed E-state index contributed by atoms with van der Waals surface area (Å²) >= 11 is 0. The molecule has 2 heteroatoms. The van der Waals surface area contributed by atoms with Crippen molar-refractivity contribution in [1.82, 2.24) is 4.90 Å². The molecule has 3 atom stereocenters. The fourth-order valence-corrected chi connectivity index (χ4v) is 6.38. The Morgan fingerprint density at radius 1 is 1.06 bits per heavy atom. The number of rotatable bonds is 2. The maximum atomic E-state index is 6.43. The largest absolute Gasteiger partial charge is 0.327 e. The van der Waals surface area contributed by atoms with Crippen LogP contribution in [0.5, 0.6) is 0 Å². The van der Waals surface area contributed by atoms with Crippen molar-refractivity contribution in [1.29, 1.82) is 0 Å². The van der Waals surface area contributed by atoms with E-state index in [9.17, 15) is 0 Å². The molecule has 4 aliphatic carbocycles. The zero-order valence-electron chi connectivity index (χ0n) is 11.8. The first-order valence-electron chi connectivity index (χ1n) is 8.13. The zero-order chi connectivity index (χ0) is 12.4. The van der Waals surface area contributed by atoms with E-state index in [1.807, 2.05) is 0 Å². The predicted octanol–water partition coefficient (Wildman–Crippen LogP) is 2.77. The van der Waals surface area contributed by atoms with Gasteiger partial charge in [0, 0.05) is 11.6 Å². The Hall–Kier alpha value is -0.0800. The van der Waals surface area contributed by atoms with Crippen LogP contribution in [-0.2, 0) is 0 Å². The van der Waals surface area contributed by atoms with Gasteiger partial charge in [0.05, 0.1) is 0 Å². The molecule has 4 saturated carbocycles. The second-order valence-electron chi connectivity index (χ2n) is 8.03. The summed E-state index contributed by atoms with van der Waals surface area (Å²) in [6.07, 6.45) is 11.7. The maximum absolute atomic E-state index is 6.43. The van der Waals surface area contributed by atoms with Gasteiger partial charge < -0.3 is 5.73 Å². The SMILES string of the molecule is CC(N)C12CC3CC(C1)CC(N1CCCC1)(C3)C2. The molecule has 1 aliphatic heterocycles. The predicted molar refractivity (Wildman–Crippen MR) is 74.3 cm³/mol. The van der Waals surface area contributed by atoms with Crippen molar-refractivity contribution in [2.24, 2.45) is 23.0 Å². The Balaban J connectivity index is 1.69. The molecule has 2 nitrogen and oxygen atoms in total. The van der Waals surface area contributed by atoms with Gasteiger partial charge in [-0.1, -0.05) is 0 Å². The Bertz CT molecular complexity index is 329. The van der Waals surface area contributed by atoms with Crippen molar-refractivity contribution in [2.75, 3.05) is 13.1 Å². The molecule has 4 bridgehead atoms. The monoisotopic (exact) mass is 248 g/mol. The van der Waals surface area contributed by atoms with Gasteiger partial charge in [-0.3, -0.25) is 4.90 Å². The smallest absolute Gasteiger partial charge is 0.0220 e. The van der Waals surface area contributed by atoms with E-state index in [-0.39, 0.29) is 0 Å². The lowest BCUT2D eigenvalue weighted by molar-refractivity contribution is -0.134. The third kappa shape index (κ3) is 1.48. The number of nitrogens with two attached hydrogens (primary N) is 1. The number of likely N-dealkylation sites (tertiary alicyclic amines) is 1. The van der Waals surface area contributed by atoms with Crippen LogP contribution in [0.2, 0.25) is 0 Å². The topological polar surface area (TPSA) is 29.3 Å². The zero-order valence-corrected chi connectivity index (χ0v) is 11.8. The summed E-state index contributed by atoms with van der Waals surface area (Å²) in [5.74, 6) is 2.00. The molecule has 0 amide bonds. The van der Waals surface area contributed by atoms with Crippen LogP contribution in [0.1, 0.15) is 58.3 Å². The molecule has 102 valence electrons. The molecular formula is C16H28N2. The van der Waals surface area contributed by atoms with Crippen molar-refractivity contribution in [3.05, 3.63) is 0 Å². The van der Waals surface area contributed by atoms with Crippen molar-refractivity contribution in [3.8, 4) is 0 Å². The van der Waals surface area contributed by atoms with Crippen LogP contribution < -0.4 is 5.73 Å². The quantitative estimate of drug-likeness (QED) is 0.814. The number of nitrogens with zero attached hydrogens (tertiary/aromatic N) is 1. The second-order valence-corrected chi connectivity index (χ2v) is 8.03. The highest BCUT2D eigenvalue weighted by Gasteiger charge is 2.60. The van der Waals surface area contributed by atoms with E-state index in [1.165, 1.54) is 64.5 Å². The Labute approximate surface area is 111 Å². The lowest BCUT2D eigenvalue weighted by atomic mass is 9.45. The highest BCUT2D eigenvalue weighted by Crippen LogP contribution is 2.64. The molecule has 1 heterocycles. The lowest BCUT2D eigenvalue weighted by Gasteiger charge is -2.65.